The van der Waals surface area contributed by atoms with Crippen molar-refractivity contribution >= 4 is 23.1 Å². The van der Waals surface area contributed by atoms with E-state index in [2.05, 4.69) is 24.8 Å². The maximum atomic E-state index is 3.66. The first-order chi connectivity index (χ1) is 3.93. The summed E-state index contributed by atoms with van der Waals surface area (Å²) in [6, 6.07) is 0. The molecule has 0 saturated heterocycles. The molecule has 0 aromatic carbocycles. The van der Waals surface area contributed by atoms with Gasteiger partial charge in [0.15, 0.2) is 0 Å². The molecule has 0 aliphatic heterocycles. The largest absolute Gasteiger partial charge is 2.00 e. The van der Waals surface area contributed by atoms with Gasteiger partial charge in [-0.05, 0) is 12.8 Å². The van der Waals surface area contributed by atoms with Gasteiger partial charge in [-0.3, -0.25) is 0 Å². The first-order valence-corrected chi connectivity index (χ1v) is 2.89. The average molecular weight is 132 g/mol. The molecule has 0 unspecified atom stereocenters. The van der Waals surface area contributed by atoms with Crippen molar-refractivity contribution in [1.29, 1.82) is 0 Å². The Bertz CT molecular complexity index is 150. The van der Waals surface area contributed by atoms with Crippen LogP contribution in [0.15, 0.2) is 36.5 Å². The Morgan fingerprint density at radius 2 is 2.56 bits per heavy atom. The van der Waals surface area contributed by atoms with Crippen LogP contribution >= 0.6 is 0 Å². The molecule has 1 aliphatic carbocycles. The van der Waals surface area contributed by atoms with Gasteiger partial charge in [0, 0.05) is 0 Å². The molecule has 1 aliphatic rings. The molecular formula is C8H12Mg. The van der Waals surface area contributed by atoms with Crippen LogP contribution in [0.1, 0.15) is 15.7 Å². The normalized spacial score (nSPS) is 14.4. The van der Waals surface area contributed by atoms with E-state index in [0.717, 1.165) is 12.8 Å². The van der Waals surface area contributed by atoms with Crippen LogP contribution in [-0.2, 0) is 0 Å². The van der Waals surface area contributed by atoms with Crippen LogP contribution in [0, 0.1) is 0 Å². The first-order valence-electron chi connectivity index (χ1n) is 2.89. The van der Waals surface area contributed by atoms with Crippen LogP contribution in [0.25, 0.3) is 0 Å². The number of hydrogen-bond acceptors (Lipinski definition) is 0. The minimum atomic E-state index is 0. The molecule has 0 radical (unpaired) electrons. The van der Waals surface area contributed by atoms with E-state index in [0.29, 0.717) is 0 Å². The van der Waals surface area contributed by atoms with Gasteiger partial charge in [-0.2, -0.15) is 0 Å². The molecule has 46 valence electrons. The number of hydrogen-bond donors (Lipinski definition) is 0. The Balaban J connectivity index is -0.000000213. The van der Waals surface area contributed by atoms with E-state index < -0.39 is 0 Å². The van der Waals surface area contributed by atoms with Crippen LogP contribution in [0.2, 0.25) is 0 Å². The van der Waals surface area contributed by atoms with Crippen LogP contribution in [0.3, 0.4) is 0 Å². The average Bonchev–Trinajstić information content (AvgIpc) is 2.19. The SMILES string of the molecule is C=CCC1=CC=CC1.[H-].[H-].[Mg+2]. The van der Waals surface area contributed by atoms with Crippen molar-refractivity contribution in [3.05, 3.63) is 36.5 Å². The van der Waals surface area contributed by atoms with Crippen LogP contribution in [-0.4, -0.2) is 23.1 Å². The van der Waals surface area contributed by atoms with Gasteiger partial charge in [0.2, 0.25) is 0 Å². The maximum Gasteiger partial charge on any atom is 2.00 e. The molecule has 0 saturated carbocycles. The van der Waals surface area contributed by atoms with Gasteiger partial charge in [0.05, 0.1) is 0 Å². The van der Waals surface area contributed by atoms with E-state index in [4.69, 9.17) is 0 Å². The van der Waals surface area contributed by atoms with E-state index in [1.54, 1.807) is 0 Å². The molecule has 0 nitrogen and oxygen atoms in total. The first kappa shape index (κ1) is 8.99. The van der Waals surface area contributed by atoms with E-state index in [9.17, 15) is 0 Å². The van der Waals surface area contributed by atoms with Gasteiger partial charge in [-0.15, -0.1) is 6.58 Å². The number of rotatable bonds is 2. The molecule has 0 fully saturated rings. The maximum absolute atomic E-state index is 3.66. The third-order valence-corrected chi connectivity index (χ3v) is 1.25. The second kappa shape index (κ2) is 4.83. The molecule has 1 rings (SSSR count). The molecule has 0 atom stereocenters. The predicted octanol–water partition coefficient (Wildman–Crippen LogP) is 2.29. The fourth-order valence-corrected chi connectivity index (χ4v) is 0.828. The van der Waals surface area contributed by atoms with Crippen molar-refractivity contribution in [2.45, 2.75) is 12.8 Å². The zero-order valence-electron chi connectivity index (χ0n) is 7.64. The third-order valence-electron chi connectivity index (χ3n) is 1.25. The topological polar surface area (TPSA) is 0 Å². The van der Waals surface area contributed by atoms with Crippen LogP contribution in [0.5, 0.6) is 0 Å². The number of allylic oxidation sites excluding steroid dienone is 5. The Kier molecular flexibility index (Phi) is 4.82. The minimum absolute atomic E-state index is 0. The van der Waals surface area contributed by atoms with Gasteiger partial charge in [-0.25, -0.2) is 0 Å². The summed E-state index contributed by atoms with van der Waals surface area (Å²) >= 11 is 0. The van der Waals surface area contributed by atoms with Crippen LogP contribution in [0.4, 0.5) is 0 Å². The fourth-order valence-electron chi connectivity index (χ4n) is 0.828. The molecular weight excluding hydrogens is 120 g/mol. The summed E-state index contributed by atoms with van der Waals surface area (Å²) in [5.74, 6) is 0. The zero-order valence-corrected chi connectivity index (χ0v) is 7.05. The summed E-state index contributed by atoms with van der Waals surface area (Å²) in [4.78, 5) is 0. The molecule has 0 amide bonds. The summed E-state index contributed by atoms with van der Waals surface area (Å²) in [5, 5.41) is 0. The van der Waals surface area contributed by atoms with Gasteiger partial charge in [0.25, 0.3) is 0 Å². The molecule has 0 aromatic heterocycles. The summed E-state index contributed by atoms with van der Waals surface area (Å²) in [5.41, 5.74) is 1.47. The zero-order chi connectivity index (χ0) is 5.82. The van der Waals surface area contributed by atoms with E-state index in [1.807, 2.05) is 6.08 Å². The second-order valence-electron chi connectivity index (χ2n) is 1.95. The van der Waals surface area contributed by atoms with Gasteiger partial charge in [0.1, 0.15) is 0 Å². The standard InChI is InChI=1S/C8H10.Mg.2H/c1-2-5-8-6-3-4-7-8;;;/h2-4,6H,1,5,7H2;;;/q;+2;2*-1. The second-order valence-corrected chi connectivity index (χ2v) is 1.95. The summed E-state index contributed by atoms with van der Waals surface area (Å²) < 4.78 is 0. The van der Waals surface area contributed by atoms with E-state index >= 15 is 0 Å². The molecule has 0 heterocycles. The monoisotopic (exact) mass is 132 g/mol. The van der Waals surface area contributed by atoms with Crippen molar-refractivity contribution in [1.82, 2.24) is 0 Å². The smallest absolute Gasteiger partial charge is 1.00 e. The van der Waals surface area contributed by atoms with E-state index in [1.165, 1.54) is 5.57 Å². The Labute approximate surface area is 75.5 Å². The fraction of sp³-hybridized carbons (Fsp3) is 0.250. The summed E-state index contributed by atoms with van der Waals surface area (Å²) in [6.45, 7) is 3.66. The minimum Gasteiger partial charge on any atom is -1.00 e. The Morgan fingerprint density at radius 3 is 3.00 bits per heavy atom. The summed E-state index contributed by atoms with van der Waals surface area (Å²) in [7, 11) is 0. The molecule has 9 heavy (non-hydrogen) atoms. The van der Waals surface area contributed by atoms with Gasteiger partial charge < -0.3 is 2.85 Å². The van der Waals surface area contributed by atoms with Crippen molar-refractivity contribution in [3.8, 4) is 0 Å². The van der Waals surface area contributed by atoms with Crippen molar-refractivity contribution in [2.75, 3.05) is 0 Å². The molecule has 0 bridgehead atoms. The predicted molar refractivity (Wildman–Crippen MR) is 44.6 cm³/mol. The van der Waals surface area contributed by atoms with Gasteiger partial charge in [-0.1, -0.05) is 29.9 Å². The molecule has 0 spiro atoms. The van der Waals surface area contributed by atoms with Crippen molar-refractivity contribution in [3.63, 3.8) is 0 Å². The van der Waals surface area contributed by atoms with Gasteiger partial charge >= 0.3 is 23.1 Å². The van der Waals surface area contributed by atoms with Crippen molar-refractivity contribution in [2.24, 2.45) is 0 Å². The Morgan fingerprint density at radius 1 is 1.78 bits per heavy atom. The summed E-state index contributed by atoms with van der Waals surface area (Å²) in [6.07, 6.45) is 10.5. The van der Waals surface area contributed by atoms with Crippen molar-refractivity contribution < 1.29 is 2.85 Å². The van der Waals surface area contributed by atoms with Crippen LogP contribution < -0.4 is 0 Å². The quantitative estimate of drug-likeness (QED) is 0.400. The molecule has 0 N–H and O–H groups in total. The van der Waals surface area contributed by atoms with E-state index in [-0.39, 0.29) is 25.9 Å². The Hall–Kier alpha value is -0.0138. The third kappa shape index (κ3) is 2.87. The molecule has 1 heteroatoms. The molecule has 0 aromatic rings.